The molecule has 0 aliphatic carbocycles. The molecule has 2 saturated heterocycles. The maximum absolute atomic E-state index is 12.2. The fourth-order valence-electron chi connectivity index (χ4n) is 4.45. The highest BCUT2D eigenvalue weighted by molar-refractivity contribution is 7.99. The largest absolute Gasteiger partial charge is 0.388 e. The van der Waals surface area contributed by atoms with Gasteiger partial charge in [-0.15, -0.1) is 0 Å². The zero-order chi connectivity index (χ0) is 20.5. The molecule has 0 radical (unpaired) electrons. The summed E-state index contributed by atoms with van der Waals surface area (Å²) >= 11 is 1.48. The maximum Gasteiger partial charge on any atom is 0.230 e. The minimum Gasteiger partial charge on any atom is -0.388 e. The van der Waals surface area contributed by atoms with Crippen LogP contribution in [0.1, 0.15) is 43.3 Å². The molecule has 2 atom stereocenters. The number of rotatable bonds is 4. The summed E-state index contributed by atoms with van der Waals surface area (Å²) in [5.74, 6) is 2.11. The number of aryl methyl sites for hydroxylation is 2. The number of hydrogen-bond donors (Lipinski definition) is 2. The minimum atomic E-state index is -0.739. The van der Waals surface area contributed by atoms with Crippen LogP contribution in [0.3, 0.4) is 0 Å². The summed E-state index contributed by atoms with van der Waals surface area (Å²) in [5, 5.41) is 14.3. The van der Waals surface area contributed by atoms with E-state index in [9.17, 15) is 9.90 Å². The Kier molecular flexibility index (Phi) is 6.22. The van der Waals surface area contributed by atoms with Crippen LogP contribution >= 0.6 is 11.8 Å². The molecule has 1 aromatic heterocycles. The molecule has 2 N–H and O–H groups in total. The smallest absolute Gasteiger partial charge is 0.230 e. The van der Waals surface area contributed by atoms with Crippen molar-refractivity contribution in [2.24, 2.45) is 0 Å². The van der Waals surface area contributed by atoms with E-state index in [0.29, 0.717) is 31.6 Å². The molecular formula is C20H32N4O3S. The number of hydrogen-bond acceptors (Lipinski definition) is 7. The molecule has 2 aliphatic rings. The van der Waals surface area contributed by atoms with Gasteiger partial charge in [-0.1, -0.05) is 0 Å². The Morgan fingerprint density at radius 1 is 1.29 bits per heavy atom. The first-order valence-corrected chi connectivity index (χ1v) is 11.3. The van der Waals surface area contributed by atoms with Gasteiger partial charge in [0, 0.05) is 31.0 Å². The quantitative estimate of drug-likeness (QED) is 0.785. The van der Waals surface area contributed by atoms with Crippen LogP contribution in [0.15, 0.2) is 0 Å². The minimum absolute atomic E-state index is 0.0360. The van der Waals surface area contributed by atoms with Crippen LogP contribution in [0.25, 0.3) is 0 Å². The summed E-state index contributed by atoms with van der Waals surface area (Å²) in [4.78, 5) is 23.5. The lowest BCUT2D eigenvalue weighted by Gasteiger charge is -2.53. The standard InChI is InChI=1S/C20H32N4O3S/c1-13-14(2)21-15(3)22-17(13)24-9-6-20(7-10-24)18(26)19(4,8-11-27-20)23-16(25)12-28-5/h18,26H,6-12H2,1-5H3,(H,23,25)/t18-,19+/m0/s1. The van der Waals surface area contributed by atoms with E-state index in [-0.39, 0.29) is 5.91 Å². The summed E-state index contributed by atoms with van der Waals surface area (Å²) in [6.45, 7) is 9.96. The summed E-state index contributed by atoms with van der Waals surface area (Å²) in [7, 11) is 0. The number of aliphatic hydroxyl groups is 1. The van der Waals surface area contributed by atoms with E-state index in [1.165, 1.54) is 11.8 Å². The van der Waals surface area contributed by atoms with Crippen molar-refractivity contribution in [1.29, 1.82) is 0 Å². The number of thioether (sulfide) groups is 1. The number of amides is 1. The van der Waals surface area contributed by atoms with Crippen molar-refractivity contribution < 1.29 is 14.6 Å². The van der Waals surface area contributed by atoms with Gasteiger partial charge in [0.05, 0.1) is 16.9 Å². The summed E-state index contributed by atoms with van der Waals surface area (Å²) in [6.07, 6.45) is 3.17. The predicted octanol–water partition coefficient (Wildman–Crippen LogP) is 1.76. The molecule has 1 spiro atoms. The molecule has 3 heterocycles. The Balaban J connectivity index is 1.74. The Bertz CT molecular complexity index is 736. The molecule has 1 amide bonds. The summed E-state index contributed by atoms with van der Waals surface area (Å²) in [6, 6.07) is 0. The SMILES string of the molecule is CSCC(=O)N[C@]1(C)CCOC2(CCN(c3nc(C)nc(C)c3C)CC2)[C@H]1O. The number of carbonyl (C=O) groups is 1. The lowest BCUT2D eigenvalue weighted by atomic mass is 9.73. The number of piperidine rings is 1. The molecule has 0 saturated carbocycles. The van der Waals surface area contributed by atoms with Crippen LogP contribution in [-0.4, -0.2) is 69.9 Å². The van der Waals surface area contributed by atoms with E-state index in [0.717, 1.165) is 36.0 Å². The van der Waals surface area contributed by atoms with Gasteiger partial charge in [-0.2, -0.15) is 11.8 Å². The monoisotopic (exact) mass is 408 g/mol. The molecule has 8 heteroatoms. The second-order valence-corrected chi connectivity index (χ2v) is 9.12. The molecule has 1 aromatic rings. The van der Waals surface area contributed by atoms with Crippen LogP contribution < -0.4 is 10.2 Å². The molecule has 2 fully saturated rings. The molecule has 3 rings (SSSR count). The van der Waals surface area contributed by atoms with Crippen molar-refractivity contribution in [3.8, 4) is 0 Å². The zero-order valence-electron chi connectivity index (χ0n) is 17.5. The molecule has 0 unspecified atom stereocenters. The highest BCUT2D eigenvalue weighted by Gasteiger charge is 2.53. The number of nitrogens with one attached hydrogen (secondary N) is 1. The summed E-state index contributed by atoms with van der Waals surface area (Å²) in [5.41, 5.74) is 0.813. The highest BCUT2D eigenvalue weighted by atomic mass is 32.2. The van der Waals surface area contributed by atoms with Gasteiger partial charge in [0.2, 0.25) is 5.91 Å². The summed E-state index contributed by atoms with van der Waals surface area (Å²) < 4.78 is 6.15. The number of anilines is 1. The Hall–Kier alpha value is -1.38. The van der Waals surface area contributed by atoms with Crippen molar-refractivity contribution in [3.63, 3.8) is 0 Å². The second-order valence-electron chi connectivity index (χ2n) is 8.26. The third-order valence-corrected chi connectivity index (χ3v) is 6.75. The van der Waals surface area contributed by atoms with Crippen LogP contribution in [0.5, 0.6) is 0 Å². The fraction of sp³-hybridized carbons (Fsp3) is 0.750. The van der Waals surface area contributed by atoms with Gasteiger partial charge in [0.25, 0.3) is 0 Å². The van der Waals surface area contributed by atoms with Gasteiger partial charge < -0.3 is 20.1 Å². The van der Waals surface area contributed by atoms with Crippen molar-refractivity contribution in [3.05, 3.63) is 17.1 Å². The van der Waals surface area contributed by atoms with E-state index in [1.54, 1.807) is 0 Å². The van der Waals surface area contributed by atoms with Crippen LogP contribution in [0.2, 0.25) is 0 Å². The first kappa shape index (κ1) is 21.3. The average molecular weight is 409 g/mol. The van der Waals surface area contributed by atoms with E-state index in [1.807, 2.05) is 27.0 Å². The molecule has 2 aliphatic heterocycles. The molecule has 7 nitrogen and oxygen atoms in total. The van der Waals surface area contributed by atoms with Gasteiger partial charge in [0.1, 0.15) is 17.7 Å². The van der Waals surface area contributed by atoms with Crippen molar-refractivity contribution in [2.45, 2.75) is 64.2 Å². The maximum atomic E-state index is 12.2. The predicted molar refractivity (Wildman–Crippen MR) is 112 cm³/mol. The van der Waals surface area contributed by atoms with Crippen LogP contribution in [-0.2, 0) is 9.53 Å². The van der Waals surface area contributed by atoms with Gasteiger partial charge in [-0.05, 0) is 53.2 Å². The highest BCUT2D eigenvalue weighted by Crippen LogP contribution is 2.41. The third-order valence-electron chi connectivity index (χ3n) is 6.20. The van der Waals surface area contributed by atoms with Gasteiger partial charge >= 0.3 is 0 Å². The van der Waals surface area contributed by atoms with Gasteiger partial charge in [-0.3, -0.25) is 4.79 Å². The fourth-order valence-corrected chi connectivity index (χ4v) is 4.79. The van der Waals surface area contributed by atoms with E-state index in [4.69, 9.17) is 4.74 Å². The Morgan fingerprint density at radius 3 is 2.61 bits per heavy atom. The molecule has 156 valence electrons. The number of ether oxygens (including phenoxy) is 1. The first-order chi connectivity index (χ1) is 13.2. The Morgan fingerprint density at radius 2 is 1.96 bits per heavy atom. The molecule has 0 aromatic carbocycles. The Labute approximate surface area is 171 Å². The molecule has 0 bridgehead atoms. The second kappa shape index (κ2) is 8.16. The molecular weight excluding hydrogens is 376 g/mol. The number of aromatic nitrogens is 2. The number of aliphatic hydroxyl groups excluding tert-OH is 1. The van der Waals surface area contributed by atoms with Gasteiger partial charge in [0.15, 0.2) is 0 Å². The van der Waals surface area contributed by atoms with Gasteiger partial charge in [-0.25, -0.2) is 9.97 Å². The van der Waals surface area contributed by atoms with Crippen molar-refractivity contribution in [2.75, 3.05) is 36.6 Å². The number of nitrogens with zero attached hydrogens (tertiary/aromatic N) is 3. The van der Waals surface area contributed by atoms with E-state index < -0.39 is 17.2 Å². The van der Waals surface area contributed by atoms with Crippen molar-refractivity contribution >= 4 is 23.5 Å². The normalized spacial score (nSPS) is 27.1. The lowest BCUT2D eigenvalue weighted by molar-refractivity contribution is -0.198. The van der Waals surface area contributed by atoms with E-state index >= 15 is 0 Å². The van der Waals surface area contributed by atoms with E-state index in [2.05, 4.69) is 27.1 Å². The number of carbonyl (C=O) groups excluding carboxylic acids is 1. The topological polar surface area (TPSA) is 87.6 Å². The van der Waals surface area contributed by atoms with Crippen LogP contribution in [0.4, 0.5) is 5.82 Å². The molecule has 28 heavy (non-hydrogen) atoms. The van der Waals surface area contributed by atoms with Crippen molar-refractivity contribution in [1.82, 2.24) is 15.3 Å². The average Bonchev–Trinajstić information content (AvgIpc) is 2.64. The third kappa shape index (κ3) is 4.00. The first-order valence-electron chi connectivity index (χ1n) is 9.89. The van der Waals surface area contributed by atoms with Crippen LogP contribution in [0, 0.1) is 20.8 Å². The lowest BCUT2D eigenvalue weighted by Crippen LogP contribution is -2.69. The zero-order valence-corrected chi connectivity index (χ0v) is 18.4.